The fourth-order valence-electron chi connectivity index (χ4n) is 3.83. The molecule has 3 heterocycles. The van der Waals surface area contributed by atoms with Crippen molar-refractivity contribution in [2.75, 3.05) is 5.32 Å². The molecule has 1 amide bonds. The molecule has 6 rings (SSSR count). The molecule has 6 aromatic rings. The van der Waals surface area contributed by atoms with Crippen molar-refractivity contribution in [3.8, 4) is 11.3 Å². The number of aryl methyl sites for hydroxylation is 1. The lowest BCUT2D eigenvalue weighted by Gasteiger charge is -2.09. The van der Waals surface area contributed by atoms with E-state index in [9.17, 15) is 4.79 Å². The van der Waals surface area contributed by atoms with Gasteiger partial charge in [0.15, 0.2) is 5.13 Å². The average Bonchev–Trinajstić information content (AvgIpc) is 3.40. The van der Waals surface area contributed by atoms with Gasteiger partial charge in [0, 0.05) is 10.9 Å². The molecule has 3 aromatic carbocycles. The van der Waals surface area contributed by atoms with Crippen LogP contribution in [0, 0.1) is 6.92 Å². The second-order valence-electron chi connectivity index (χ2n) is 7.40. The highest BCUT2D eigenvalue weighted by Gasteiger charge is 2.17. The van der Waals surface area contributed by atoms with Crippen LogP contribution in [0.1, 0.15) is 15.4 Å². The number of amides is 1. The van der Waals surface area contributed by atoms with Crippen LogP contribution in [0.25, 0.3) is 42.6 Å². The first-order valence-corrected chi connectivity index (χ1v) is 11.7. The zero-order chi connectivity index (χ0) is 21.7. The maximum absolute atomic E-state index is 13.4. The SMILES string of the molecule is Cc1nc2c(ccc3nc(NC(=O)c4cc(-c5ccccc5)nc5ccccc45)sc32)s1. The van der Waals surface area contributed by atoms with E-state index in [1.54, 1.807) is 11.3 Å². The summed E-state index contributed by atoms with van der Waals surface area (Å²) < 4.78 is 2.12. The van der Waals surface area contributed by atoms with Crippen molar-refractivity contribution in [2.45, 2.75) is 6.92 Å². The fraction of sp³-hybridized carbons (Fsp3) is 0.0400. The van der Waals surface area contributed by atoms with Crippen LogP contribution in [-0.4, -0.2) is 20.9 Å². The van der Waals surface area contributed by atoms with E-state index in [1.807, 2.05) is 79.7 Å². The molecule has 0 bridgehead atoms. The van der Waals surface area contributed by atoms with Crippen LogP contribution in [0.4, 0.5) is 5.13 Å². The third-order valence-electron chi connectivity index (χ3n) is 5.27. The lowest BCUT2D eigenvalue weighted by Crippen LogP contribution is -2.13. The van der Waals surface area contributed by atoms with Gasteiger partial charge >= 0.3 is 0 Å². The molecular formula is C25H16N4OS2. The molecule has 0 aliphatic heterocycles. The van der Waals surface area contributed by atoms with Gasteiger partial charge in [0.2, 0.25) is 0 Å². The number of para-hydroxylation sites is 1. The molecule has 0 atom stereocenters. The maximum atomic E-state index is 13.4. The molecular weight excluding hydrogens is 436 g/mol. The van der Waals surface area contributed by atoms with Crippen LogP contribution in [0.5, 0.6) is 0 Å². The van der Waals surface area contributed by atoms with Gasteiger partial charge in [0.25, 0.3) is 5.91 Å². The number of rotatable bonds is 3. The average molecular weight is 453 g/mol. The predicted octanol–water partition coefficient (Wildman–Crippen LogP) is 6.68. The number of benzene rings is 3. The maximum Gasteiger partial charge on any atom is 0.258 e. The highest BCUT2D eigenvalue weighted by Crippen LogP contribution is 2.35. The predicted molar refractivity (Wildman–Crippen MR) is 133 cm³/mol. The topological polar surface area (TPSA) is 67.8 Å². The summed E-state index contributed by atoms with van der Waals surface area (Å²) >= 11 is 3.12. The zero-order valence-corrected chi connectivity index (χ0v) is 18.6. The molecule has 1 N–H and O–H groups in total. The van der Waals surface area contributed by atoms with Crippen LogP contribution in [0.2, 0.25) is 0 Å². The van der Waals surface area contributed by atoms with Crippen molar-refractivity contribution in [3.63, 3.8) is 0 Å². The Morgan fingerprint density at radius 2 is 1.66 bits per heavy atom. The summed E-state index contributed by atoms with van der Waals surface area (Å²) in [5, 5.41) is 5.39. The van der Waals surface area contributed by atoms with Gasteiger partial charge in [-0.3, -0.25) is 10.1 Å². The lowest BCUT2D eigenvalue weighted by atomic mass is 10.0. The number of carbonyl (C=O) groups is 1. The van der Waals surface area contributed by atoms with Gasteiger partial charge in [-0.15, -0.1) is 11.3 Å². The second-order valence-corrected chi connectivity index (χ2v) is 9.64. The van der Waals surface area contributed by atoms with E-state index in [4.69, 9.17) is 4.98 Å². The molecule has 0 aliphatic carbocycles. The van der Waals surface area contributed by atoms with Gasteiger partial charge in [-0.1, -0.05) is 59.9 Å². The molecule has 3 aromatic heterocycles. The Kier molecular flexibility index (Phi) is 4.45. The molecule has 0 aliphatic rings. The quantitative estimate of drug-likeness (QED) is 0.325. The van der Waals surface area contributed by atoms with Crippen molar-refractivity contribution in [1.29, 1.82) is 0 Å². The minimum absolute atomic E-state index is 0.203. The zero-order valence-electron chi connectivity index (χ0n) is 17.0. The van der Waals surface area contributed by atoms with Crippen molar-refractivity contribution in [3.05, 3.63) is 83.4 Å². The number of hydrogen-bond acceptors (Lipinski definition) is 6. The Morgan fingerprint density at radius 3 is 2.53 bits per heavy atom. The van der Waals surface area contributed by atoms with Crippen LogP contribution >= 0.6 is 22.7 Å². The molecule has 32 heavy (non-hydrogen) atoms. The number of hydrogen-bond donors (Lipinski definition) is 1. The van der Waals surface area contributed by atoms with Crippen molar-refractivity contribution in [2.24, 2.45) is 0 Å². The van der Waals surface area contributed by atoms with Gasteiger partial charge in [-0.25, -0.2) is 15.0 Å². The molecule has 0 radical (unpaired) electrons. The summed E-state index contributed by atoms with van der Waals surface area (Å²) in [6, 6.07) is 23.5. The third kappa shape index (κ3) is 3.23. The van der Waals surface area contributed by atoms with E-state index in [0.29, 0.717) is 10.7 Å². The number of thiazole rings is 2. The van der Waals surface area contributed by atoms with Crippen LogP contribution in [0.15, 0.2) is 72.8 Å². The Morgan fingerprint density at radius 1 is 0.844 bits per heavy atom. The number of carbonyl (C=O) groups excluding carboxylic acids is 1. The van der Waals surface area contributed by atoms with Gasteiger partial charge in [-0.2, -0.15) is 0 Å². The number of nitrogens with one attached hydrogen (secondary N) is 1. The number of nitrogens with zero attached hydrogens (tertiary/aromatic N) is 3. The monoisotopic (exact) mass is 452 g/mol. The molecule has 154 valence electrons. The lowest BCUT2D eigenvalue weighted by molar-refractivity contribution is 0.102. The highest BCUT2D eigenvalue weighted by atomic mass is 32.1. The number of fused-ring (bicyclic) bond motifs is 4. The Hall–Kier alpha value is -3.68. The van der Waals surface area contributed by atoms with Crippen LogP contribution in [0.3, 0.4) is 0 Å². The molecule has 0 fully saturated rings. The Balaban J connectivity index is 1.43. The highest BCUT2D eigenvalue weighted by molar-refractivity contribution is 7.24. The van der Waals surface area contributed by atoms with E-state index in [1.165, 1.54) is 11.3 Å². The van der Waals surface area contributed by atoms with E-state index in [0.717, 1.165) is 47.6 Å². The van der Waals surface area contributed by atoms with Crippen molar-refractivity contribution in [1.82, 2.24) is 15.0 Å². The number of anilines is 1. The minimum Gasteiger partial charge on any atom is -0.298 e. The van der Waals surface area contributed by atoms with Crippen molar-refractivity contribution >= 4 is 65.0 Å². The first kappa shape index (κ1) is 19.0. The van der Waals surface area contributed by atoms with E-state index < -0.39 is 0 Å². The smallest absolute Gasteiger partial charge is 0.258 e. The van der Waals surface area contributed by atoms with Gasteiger partial charge < -0.3 is 0 Å². The minimum atomic E-state index is -0.203. The summed E-state index contributed by atoms with van der Waals surface area (Å²) in [4.78, 5) is 27.4. The summed E-state index contributed by atoms with van der Waals surface area (Å²) in [5.74, 6) is -0.203. The first-order chi connectivity index (χ1) is 15.7. The van der Waals surface area contributed by atoms with E-state index in [2.05, 4.69) is 15.3 Å². The third-order valence-corrected chi connectivity index (χ3v) is 7.20. The summed E-state index contributed by atoms with van der Waals surface area (Å²) in [6.07, 6.45) is 0. The largest absolute Gasteiger partial charge is 0.298 e. The van der Waals surface area contributed by atoms with Gasteiger partial charge in [-0.05, 0) is 31.2 Å². The van der Waals surface area contributed by atoms with Crippen molar-refractivity contribution < 1.29 is 4.79 Å². The molecule has 5 nitrogen and oxygen atoms in total. The number of aromatic nitrogens is 3. The second kappa shape index (κ2) is 7.47. The number of pyridine rings is 1. The van der Waals surface area contributed by atoms with E-state index >= 15 is 0 Å². The molecule has 0 saturated heterocycles. The normalized spacial score (nSPS) is 11.4. The standard InChI is InChI=1S/C25H16N4OS2/c1-14-26-22-21(31-14)12-11-19-23(22)32-25(28-19)29-24(30)17-13-20(15-7-3-2-4-8-15)27-18-10-6-5-9-16(17)18/h2-13H,1H3,(H,28,29,30). The van der Waals surface area contributed by atoms with Crippen LogP contribution < -0.4 is 5.32 Å². The summed E-state index contributed by atoms with van der Waals surface area (Å²) in [5.41, 5.74) is 4.87. The molecule has 0 spiro atoms. The molecule has 0 unspecified atom stereocenters. The Bertz CT molecular complexity index is 1640. The first-order valence-electron chi connectivity index (χ1n) is 10.1. The Labute approximate surface area is 191 Å². The van der Waals surface area contributed by atoms with Gasteiger partial charge in [0.05, 0.1) is 36.7 Å². The summed E-state index contributed by atoms with van der Waals surface area (Å²) in [6.45, 7) is 2.00. The molecule has 0 saturated carbocycles. The summed E-state index contributed by atoms with van der Waals surface area (Å²) in [7, 11) is 0. The molecule has 7 heteroatoms. The van der Waals surface area contributed by atoms with Gasteiger partial charge in [0.1, 0.15) is 5.52 Å². The van der Waals surface area contributed by atoms with E-state index in [-0.39, 0.29) is 5.91 Å². The fourth-order valence-corrected chi connectivity index (χ4v) is 5.68. The van der Waals surface area contributed by atoms with Crippen LogP contribution in [-0.2, 0) is 0 Å².